The number of carbonyl (C=O) groups is 1. The first-order valence-electron chi connectivity index (χ1n) is 5.33. The third-order valence-electron chi connectivity index (χ3n) is 3.03. The predicted octanol–water partition coefficient (Wildman–Crippen LogP) is 1.17. The molecule has 1 saturated heterocycles. The highest BCUT2D eigenvalue weighted by atomic mass is 16.5. The molecule has 0 aromatic heterocycles. The van der Waals surface area contributed by atoms with Crippen molar-refractivity contribution < 1.29 is 9.53 Å². The Morgan fingerprint density at radius 2 is 2.40 bits per heavy atom. The lowest BCUT2D eigenvalue weighted by Crippen LogP contribution is -2.43. The zero-order valence-corrected chi connectivity index (χ0v) is 9.56. The largest absolute Gasteiger partial charge is 0.368 e. The van der Waals surface area contributed by atoms with Crippen molar-refractivity contribution in [1.82, 2.24) is 4.90 Å². The average Bonchev–Trinajstić information content (AvgIpc) is 2.62. The molecule has 1 aliphatic heterocycles. The van der Waals surface area contributed by atoms with Crippen LogP contribution in [0.4, 0.5) is 0 Å². The number of likely N-dealkylation sites (N-methyl/N-ethyl adjacent to an activating group) is 1. The van der Waals surface area contributed by atoms with E-state index in [1.807, 2.05) is 13.8 Å². The highest BCUT2D eigenvalue weighted by Crippen LogP contribution is 2.22. The van der Waals surface area contributed by atoms with Crippen LogP contribution in [0.3, 0.4) is 0 Å². The second kappa shape index (κ2) is 5.13. The first kappa shape index (κ1) is 12.0. The van der Waals surface area contributed by atoms with Crippen LogP contribution in [0.5, 0.6) is 0 Å². The van der Waals surface area contributed by atoms with Gasteiger partial charge in [0.1, 0.15) is 6.10 Å². The van der Waals surface area contributed by atoms with Gasteiger partial charge in [0.15, 0.2) is 0 Å². The molecule has 0 spiro atoms. The smallest absolute Gasteiger partial charge is 0.251 e. The van der Waals surface area contributed by atoms with Crippen LogP contribution in [0.2, 0.25) is 0 Å². The van der Waals surface area contributed by atoms with E-state index < -0.39 is 0 Å². The fourth-order valence-electron chi connectivity index (χ4n) is 1.70. The Hall–Kier alpha value is -1.08. The molecule has 1 rings (SSSR count). The van der Waals surface area contributed by atoms with Gasteiger partial charge in [0, 0.05) is 19.7 Å². The van der Waals surface area contributed by atoms with Crippen LogP contribution >= 0.6 is 0 Å². The van der Waals surface area contributed by atoms with Crippen LogP contribution < -0.4 is 0 Å². The van der Waals surface area contributed by atoms with E-state index in [0.29, 0.717) is 13.0 Å². The van der Waals surface area contributed by atoms with Gasteiger partial charge in [-0.1, -0.05) is 6.92 Å². The van der Waals surface area contributed by atoms with Crippen LogP contribution in [-0.4, -0.2) is 36.6 Å². The third kappa shape index (κ3) is 2.69. The van der Waals surface area contributed by atoms with Crippen LogP contribution in [-0.2, 0) is 9.53 Å². The standard InChI is InChI=1S/C11H18N2O2/c1-8-5-7-15-10(8)11(14)13(3)9(2)4-6-12/h8-10H,4-5,7H2,1-3H3. The number of nitrogens with zero attached hydrogens (tertiary/aromatic N) is 2. The van der Waals surface area contributed by atoms with Gasteiger partial charge in [-0.3, -0.25) is 4.79 Å². The maximum atomic E-state index is 12.0. The Balaban J connectivity index is 2.56. The van der Waals surface area contributed by atoms with E-state index in [0.717, 1.165) is 6.42 Å². The number of hydrogen-bond acceptors (Lipinski definition) is 3. The van der Waals surface area contributed by atoms with Crippen LogP contribution in [0.1, 0.15) is 26.7 Å². The number of ether oxygens (including phenoxy) is 1. The van der Waals surface area contributed by atoms with Gasteiger partial charge in [-0.2, -0.15) is 5.26 Å². The van der Waals surface area contributed by atoms with Crippen molar-refractivity contribution in [1.29, 1.82) is 5.26 Å². The molecule has 0 bridgehead atoms. The normalized spacial score (nSPS) is 27.1. The molecule has 3 atom stereocenters. The summed E-state index contributed by atoms with van der Waals surface area (Å²) in [6, 6.07) is 2.03. The summed E-state index contributed by atoms with van der Waals surface area (Å²) in [7, 11) is 1.73. The highest BCUT2D eigenvalue weighted by Gasteiger charge is 2.34. The Morgan fingerprint density at radius 3 is 2.87 bits per heavy atom. The first-order chi connectivity index (χ1) is 7.07. The maximum Gasteiger partial charge on any atom is 0.251 e. The summed E-state index contributed by atoms with van der Waals surface area (Å²) in [6.07, 6.45) is 0.997. The molecule has 1 amide bonds. The number of amides is 1. The van der Waals surface area contributed by atoms with Crippen molar-refractivity contribution in [2.75, 3.05) is 13.7 Å². The minimum atomic E-state index is -0.309. The van der Waals surface area contributed by atoms with Gasteiger partial charge in [0.2, 0.25) is 0 Å². The molecule has 1 heterocycles. The maximum absolute atomic E-state index is 12.0. The van der Waals surface area contributed by atoms with Gasteiger partial charge in [-0.25, -0.2) is 0 Å². The van der Waals surface area contributed by atoms with Crippen LogP contribution in [0, 0.1) is 17.2 Å². The van der Waals surface area contributed by atoms with Crippen molar-refractivity contribution in [3.05, 3.63) is 0 Å². The average molecular weight is 210 g/mol. The fourth-order valence-corrected chi connectivity index (χ4v) is 1.70. The predicted molar refractivity (Wildman–Crippen MR) is 56.0 cm³/mol. The van der Waals surface area contributed by atoms with Crippen molar-refractivity contribution in [3.8, 4) is 6.07 Å². The van der Waals surface area contributed by atoms with Crippen molar-refractivity contribution in [3.63, 3.8) is 0 Å². The van der Waals surface area contributed by atoms with Gasteiger partial charge in [0.25, 0.3) is 5.91 Å². The summed E-state index contributed by atoms with van der Waals surface area (Å²) in [5, 5.41) is 8.57. The van der Waals surface area contributed by atoms with Crippen LogP contribution in [0.15, 0.2) is 0 Å². The quantitative estimate of drug-likeness (QED) is 0.702. The van der Waals surface area contributed by atoms with Gasteiger partial charge >= 0.3 is 0 Å². The van der Waals surface area contributed by atoms with Gasteiger partial charge in [-0.05, 0) is 19.3 Å². The molecule has 0 aromatic rings. The topological polar surface area (TPSA) is 53.3 Å². The molecule has 15 heavy (non-hydrogen) atoms. The molecule has 1 fully saturated rings. The zero-order chi connectivity index (χ0) is 11.4. The summed E-state index contributed by atoms with van der Waals surface area (Å²) in [6.45, 7) is 4.57. The number of hydrogen-bond donors (Lipinski definition) is 0. The van der Waals surface area contributed by atoms with Crippen molar-refractivity contribution >= 4 is 5.91 Å². The number of rotatable bonds is 3. The molecule has 0 radical (unpaired) electrons. The Bertz CT molecular complexity index is 272. The molecule has 4 nitrogen and oxygen atoms in total. The van der Waals surface area contributed by atoms with Gasteiger partial charge < -0.3 is 9.64 Å². The second-order valence-corrected chi connectivity index (χ2v) is 4.22. The van der Waals surface area contributed by atoms with E-state index in [2.05, 4.69) is 6.07 Å². The molecule has 0 aliphatic carbocycles. The Kier molecular flexibility index (Phi) is 4.10. The van der Waals surface area contributed by atoms with E-state index in [-0.39, 0.29) is 24.0 Å². The third-order valence-corrected chi connectivity index (χ3v) is 3.03. The Morgan fingerprint density at radius 1 is 1.73 bits per heavy atom. The van der Waals surface area contributed by atoms with E-state index in [4.69, 9.17) is 10.00 Å². The molecule has 3 unspecified atom stereocenters. The lowest BCUT2D eigenvalue weighted by Gasteiger charge is -2.27. The lowest BCUT2D eigenvalue weighted by atomic mass is 10.0. The number of nitriles is 1. The van der Waals surface area contributed by atoms with Gasteiger partial charge in [-0.15, -0.1) is 0 Å². The fraction of sp³-hybridized carbons (Fsp3) is 0.818. The van der Waals surface area contributed by atoms with E-state index in [1.165, 1.54) is 0 Å². The second-order valence-electron chi connectivity index (χ2n) is 4.22. The summed E-state index contributed by atoms with van der Waals surface area (Å²) < 4.78 is 5.40. The zero-order valence-electron chi connectivity index (χ0n) is 9.56. The minimum absolute atomic E-state index is 0.00255. The highest BCUT2D eigenvalue weighted by molar-refractivity contribution is 5.81. The molecule has 4 heteroatoms. The lowest BCUT2D eigenvalue weighted by molar-refractivity contribution is -0.142. The van der Waals surface area contributed by atoms with E-state index in [1.54, 1.807) is 11.9 Å². The molecule has 84 valence electrons. The van der Waals surface area contributed by atoms with E-state index >= 15 is 0 Å². The molecular weight excluding hydrogens is 192 g/mol. The minimum Gasteiger partial charge on any atom is -0.368 e. The molecule has 0 saturated carbocycles. The number of carbonyl (C=O) groups excluding carboxylic acids is 1. The molecular formula is C11H18N2O2. The monoisotopic (exact) mass is 210 g/mol. The molecule has 0 aromatic carbocycles. The Labute approximate surface area is 90.8 Å². The SMILES string of the molecule is CC1CCOC1C(=O)N(C)C(C)CC#N. The summed E-state index contributed by atoms with van der Waals surface area (Å²) in [5.74, 6) is 0.289. The summed E-state index contributed by atoms with van der Waals surface area (Å²) in [5.41, 5.74) is 0. The molecule has 0 N–H and O–H groups in total. The first-order valence-corrected chi connectivity index (χ1v) is 5.33. The molecule has 1 aliphatic rings. The van der Waals surface area contributed by atoms with Crippen molar-refractivity contribution in [2.45, 2.75) is 38.8 Å². The summed E-state index contributed by atoms with van der Waals surface area (Å²) >= 11 is 0. The van der Waals surface area contributed by atoms with Crippen molar-refractivity contribution in [2.24, 2.45) is 5.92 Å². The van der Waals surface area contributed by atoms with E-state index in [9.17, 15) is 4.79 Å². The van der Waals surface area contributed by atoms with Crippen LogP contribution in [0.25, 0.3) is 0 Å². The van der Waals surface area contributed by atoms with Gasteiger partial charge in [0.05, 0.1) is 12.5 Å². The summed E-state index contributed by atoms with van der Waals surface area (Å²) in [4.78, 5) is 13.6.